The highest BCUT2D eigenvalue weighted by Crippen LogP contribution is 2.35. The van der Waals surface area contributed by atoms with Crippen molar-refractivity contribution in [1.82, 2.24) is 4.90 Å². The highest BCUT2D eigenvalue weighted by molar-refractivity contribution is 6.34. The van der Waals surface area contributed by atoms with Crippen LogP contribution in [-0.4, -0.2) is 29.4 Å². The molecule has 3 aromatic carbocycles. The average molecular weight is 460 g/mol. The first-order chi connectivity index (χ1) is 15.2. The van der Waals surface area contributed by atoms with E-state index in [0.717, 1.165) is 4.90 Å². The van der Waals surface area contributed by atoms with Crippen LogP contribution in [0.25, 0.3) is 0 Å². The van der Waals surface area contributed by atoms with Gasteiger partial charge in [0.2, 0.25) is 0 Å². The van der Waals surface area contributed by atoms with Crippen LogP contribution in [-0.2, 0) is 0 Å². The number of anilines is 2. The van der Waals surface area contributed by atoms with E-state index in [-0.39, 0.29) is 16.1 Å². The van der Waals surface area contributed by atoms with E-state index in [4.69, 9.17) is 11.6 Å². The van der Waals surface area contributed by atoms with Crippen molar-refractivity contribution in [3.8, 4) is 0 Å². The Bertz CT molecular complexity index is 1180. The van der Waals surface area contributed by atoms with Gasteiger partial charge in [-0.05, 0) is 42.0 Å². The third-order valence-electron chi connectivity index (χ3n) is 4.95. The molecule has 0 aromatic heterocycles. The van der Waals surface area contributed by atoms with Crippen LogP contribution in [0.5, 0.6) is 0 Å². The molecular formula is C23H17ClF3N3O2. The number of carbonyl (C=O) groups excluding carboxylic acids is 2. The standard InChI is InChI=1S/C23H17ClF3N3O2/c24-18-10-3-1-8-16(18)21(31)28-15-7-5-6-14(12-15)20-29-19-11-4-2-9-17(19)22(32)30(20)13-23(25,26)27/h1-12,20,29H,13H2,(H,28,31)/t20-/m1/s1. The molecule has 0 fully saturated rings. The van der Waals surface area contributed by atoms with Gasteiger partial charge in [0, 0.05) is 11.4 Å². The molecule has 9 heteroatoms. The van der Waals surface area contributed by atoms with Gasteiger partial charge in [-0.1, -0.05) is 48.0 Å². The Morgan fingerprint density at radius 2 is 1.75 bits per heavy atom. The third-order valence-corrected chi connectivity index (χ3v) is 5.28. The average Bonchev–Trinajstić information content (AvgIpc) is 2.75. The van der Waals surface area contributed by atoms with Crippen molar-refractivity contribution in [2.24, 2.45) is 0 Å². The smallest absolute Gasteiger partial charge is 0.361 e. The summed E-state index contributed by atoms with van der Waals surface area (Å²) in [6.07, 6.45) is -5.66. The first-order valence-electron chi connectivity index (χ1n) is 9.62. The summed E-state index contributed by atoms with van der Waals surface area (Å²) in [5.74, 6) is -1.19. The molecule has 1 aliphatic heterocycles. The number of nitrogens with zero attached hydrogens (tertiary/aromatic N) is 1. The summed E-state index contributed by atoms with van der Waals surface area (Å²) in [6, 6.07) is 19.2. The molecule has 32 heavy (non-hydrogen) atoms. The van der Waals surface area contributed by atoms with Gasteiger partial charge in [-0.2, -0.15) is 13.2 Å². The number of fused-ring (bicyclic) bond motifs is 1. The summed E-state index contributed by atoms with van der Waals surface area (Å²) in [7, 11) is 0. The van der Waals surface area contributed by atoms with Crippen LogP contribution in [0.3, 0.4) is 0 Å². The molecule has 0 saturated heterocycles. The van der Waals surface area contributed by atoms with E-state index < -0.39 is 30.7 Å². The number of amides is 2. The zero-order chi connectivity index (χ0) is 22.9. The molecule has 0 radical (unpaired) electrons. The van der Waals surface area contributed by atoms with Crippen LogP contribution in [0, 0.1) is 0 Å². The zero-order valence-electron chi connectivity index (χ0n) is 16.5. The van der Waals surface area contributed by atoms with Gasteiger partial charge in [0.1, 0.15) is 12.7 Å². The number of carbonyl (C=O) groups is 2. The number of nitrogens with one attached hydrogen (secondary N) is 2. The van der Waals surface area contributed by atoms with Gasteiger partial charge in [-0.3, -0.25) is 9.59 Å². The Balaban J connectivity index is 1.66. The molecule has 0 unspecified atom stereocenters. The SMILES string of the molecule is O=C(Nc1cccc([C@@H]2Nc3ccccc3C(=O)N2CC(F)(F)F)c1)c1ccccc1Cl. The second kappa shape index (κ2) is 8.55. The Morgan fingerprint density at radius 1 is 1.03 bits per heavy atom. The minimum Gasteiger partial charge on any atom is -0.361 e. The van der Waals surface area contributed by atoms with Crippen molar-refractivity contribution in [3.05, 3.63) is 94.5 Å². The maximum Gasteiger partial charge on any atom is 0.406 e. The van der Waals surface area contributed by atoms with E-state index in [1.54, 1.807) is 60.7 Å². The lowest BCUT2D eigenvalue weighted by Crippen LogP contribution is -2.47. The number of halogens is 4. The highest BCUT2D eigenvalue weighted by Gasteiger charge is 2.40. The third kappa shape index (κ3) is 4.55. The molecule has 5 nitrogen and oxygen atoms in total. The Kier molecular flexibility index (Phi) is 5.80. The van der Waals surface area contributed by atoms with Gasteiger partial charge in [0.25, 0.3) is 11.8 Å². The van der Waals surface area contributed by atoms with Crippen molar-refractivity contribution in [3.63, 3.8) is 0 Å². The van der Waals surface area contributed by atoms with E-state index in [1.165, 1.54) is 12.1 Å². The second-order valence-corrected chi connectivity index (χ2v) is 7.61. The first-order valence-corrected chi connectivity index (χ1v) is 10.00. The van der Waals surface area contributed by atoms with Gasteiger partial charge < -0.3 is 15.5 Å². The summed E-state index contributed by atoms with van der Waals surface area (Å²) >= 11 is 6.06. The van der Waals surface area contributed by atoms with Crippen LogP contribution in [0.2, 0.25) is 5.02 Å². The molecule has 1 aliphatic rings. The molecule has 0 bridgehead atoms. The highest BCUT2D eigenvalue weighted by atomic mass is 35.5. The molecule has 3 aromatic rings. The largest absolute Gasteiger partial charge is 0.406 e. The fourth-order valence-corrected chi connectivity index (χ4v) is 3.76. The molecule has 164 valence electrons. The molecular weight excluding hydrogens is 443 g/mol. The molecule has 2 amide bonds. The van der Waals surface area contributed by atoms with Gasteiger partial charge in [0.05, 0.1) is 16.1 Å². The van der Waals surface area contributed by atoms with E-state index in [9.17, 15) is 22.8 Å². The van der Waals surface area contributed by atoms with Crippen molar-refractivity contribution in [2.75, 3.05) is 17.2 Å². The number of alkyl halides is 3. The number of rotatable bonds is 4. The van der Waals surface area contributed by atoms with Crippen LogP contribution in [0.15, 0.2) is 72.8 Å². The van der Waals surface area contributed by atoms with Gasteiger partial charge in [-0.15, -0.1) is 0 Å². The monoisotopic (exact) mass is 459 g/mol. The lowest BCUT2D eigenvalue weighted by molar-refractivity contribution is -0.144. The molecule has 0 saturated carbocycles. The lowest BCUT2D eigenvalue weighted by Gasteiger charge is -2.38. The van der Waals surface area contributed by atoms with Crippen molar-refractivity contribution >= 4 is 34.8 Å². The van der Waals surface area contributed by atoms with Crippen molar-refractivity contribution < 1.29 is 22.8 Å². The molecule has 1 atom stereocenters. The molecule has 0 aliphatic carbocycles. The van der Waals surface area contributed by atoms with Crippen LogP contribution >= 0.6 is 11.6 Å². The fourth-order valence-electron chi connectivity index (χ4n) is 3.54. The maximum absolute atomic E-state index is 13.3. The van der Waals surface area contributed by atoms with Crippen LogP contribution in [0.4, 0.5) is 24.5 Å². The van der Waals surface area contributed by atoms with Gasteiger partial charge >= 0.3 is 6.18 Å². The zero-order valence-corrected chi connectivity index (χ0v) is 17.2. The van der Waals surface area contributed by atoms with E-state index in [0.29, 0.717) is 16.9 Å². The summed E-state index contributed by atoms with van der Waals surface area (Å²) in [4.78, 5) is 26.2. The molecule has 2 N–H and O–H groups in total. The predicted octanol–water partition coefficient (Wildman–Crippen LogP) is 5.72. The molecule has 4 rings (SSSR count). The fraction of sp³-hybridized carbons (Fsp3) is 0.130. The van der Waals surface area contributed by atoms with E-state index in [1.807, 2.05) is 0 Å². The number of hydrogen-bond acceptors (Lipinski definition) is 3. The first kappa shape index (κ1) is 21.7. The van der Waals surface area contributed by atoms with Crippen molar-refractivity contribution in [1.29, 1.82) is 0 Å². The molecule has 1 heterocycles. The summed E-state index contributed by atoms with van der Waals surface area (Å²) in [5.41, 5.74) is 1.60. The minimum atomic E-state index is -4.59. The van der Waals surface area contributed by atoms with Crippen LogP contribution in [0.1, 0.15) is 32.4 Å². The number of hydrogen-bond donors (Lipinski definition) is 2. The van der Waals surface area contributed by atoms with Gasteiger partial charge in [0.15, 0.2) is 0 Å². The van der Waals surface area contributed by atoms with Gasteiger partial charge in [-0.25, -0.2) is 0 Å². The quantitative estimate of drug-likeness (QED) is 0.524. The Labute approximate surface area is 186 Å². The summed E-state index contributed by atoms with van der Waals surface area (Å²) in [6.45, 7) is -1.42. The topological polar surface area (TPSA) is 61.4 Å². The Hall–Kier alpha value is -3.52. The lowest BCUT2D eigenvalue weighted by atomic mass is 10.0. The predicted molar refractivity (Wildman–Crippen MR) is 116 cm³/mol. The second-order valence-electron chi connectivity index (χ2n) is 7.20. The summed E-state index contributed by atoms with van der Waals surface area (Å²) < 4.78 is 39.8. The van der Waals surface area contributed by atoms with E-state index in [2.05, 4.69) is 10.6 Å². The molecule has 0 spiro atoms. The van der Waals surface area contributed by atoms with Crippen molar-refractivity contribution in [2.45, 2.75) is 12.3 Å². The van der Waals surface area contributed by atoms with Crippen LogP contribution < -0.4 is 10.6 Å². The minimum absolute atomic E-state index is 0.163. The summed E-state index contributed by atoms with van der Waals surface area (Å²) in [5, 5.41) is 5.98. The Morgan fingerprint density at radius 3 is 2.50 bits per heavy atom. The number of benzene rings is 3. The number of para-hydroxylation sites is 1. The van der Waals surface area contributed by atoms with E-state index >= 15 is 0 Å². The normalized spacial score (nSPS) is 15.7. The maximum atomic E-state index is 13.3.